The Bertz CT molecular complexity index is 1050. The van der Waals surface area contributed by atoms with Gasteiger partial charge < -0.3 is 10.3 Å². The molecule has 1 aliphatic heterocycles. The van der Waals surface area contributed by atoms with Gasteiger partial charge in [-0.3, -0.25) is 14.5 Å². The molecule has 1 saturated heterocycles. The Morgan fingerprint density at radius 2 is 1.96 bits per heavy atom. The van der Waals surface area contributed by atoms with Gasteiger partial charge in [-0.25, -0.2) is 9.78 Å². The van der Waals surface area contributed by atoms with Gasteiger partial charge in [-0.15, -0.1) is 11.3 Å². The van der Waals surface area contributed by atoms with Crippen LogP contribution < -0.4 is 10.9 Å². The van der Waals surface area contributed by atoms with E-state index in [-0.39, 0.29) is 30.6 Å². The molecule has 0 spiro atoms. The first-order valence-electron chi connectivity index (χ1n) is 8.25. The molecule has 3 aromatic rings. The number of thiophene rings is 1. The number of amides is 3. The Morgan fingerprint density at radius 3 is 2.62 bits per heavy atom. The standard InChI is InChI=1S/C18H16N4O3S/c1-2-12-7-13-16(24)20-15(21-17(13)26-12)11-5-3-10(4-6-11)9-22-14(23)8-19-18(22)25/h3-7H,2,8-9H2,1H3,(H,19,25)(H,20,21,24). The number of carbonyl (C=O) groups is 2. The summed E-state index contributed by atoms with van der Waals surface area (Å²) in [5.41, 5.74) is 1.45. The molecule has 2 N–H and O–H groups in total. The molecule has 8 heteroatoms. The minimum atomic E-state index is -0.375. The van der Waals surface area contributed by atoms with E-state index in [2.05, 4.69) is 15.3 Å². The minimum absolute atomic E-state index is 0.0443. The topological polar surface area (TPSA) is 95.2 Å². The number of aromatic nitrogens is 2. The fourth-order valence-electron chi connectivity index (χ4n) is 2.86. The van der Waals surface area contributed by atoms with Crippen molar-refractivity contribution in [2.45, 2.75) is 19.9 Å². The molecular formula is C18H16N4O3S. The molecule has 26 heavy (non-hydrogen) atoms. The highest BCUT2D eigenvalue weighted by molar-refractivity contribution is 7.18. The van der Waals surface area contributed by atoms with Crippen LogP contribution in [0.4, 0.5) is 4.79 Å². The van der Waals surface area contributed by atoms with Crippen molar-refractivity contribution in [3.8, 4) is 11.4 Å². The molecule has 0 radical (unpaired) electrons. The normalized spacial score (nSPS) is 14.3. The molecular weight excluding hydrogens is 352 g/mol. The van der Waals surface area contributed by atoms with E-state index in [4.69, 9.17) is 0 Å². The van der Waals surface area contributed by atoms with Gasteiger partial charge in [0.1, 0.15) is 10.7 Å². The van der Waals surface area contributed by atoms with Crippen LogP contribution >= 0.6 is 11.3 Å². The molecule has 3 heterocycles. The number of carbonyl (C=O) groups excluding carboxylic acids is 2. The number of imide groups is 1. The van der Waals surface area contributed by atoms with Crippen molar-refractivity contribution in [2.24, 2.45) is 0 Å². The Kier molecular flexibility index (Phi) is 4.04. The van der Waals surface area contributed by atoms with Crippen molar-refractivity contribution in [2.75, 3.05) is 6.54 Å². The van der Waals surface area contributed by atoms with E-state index in [1.165, 1.54) is 16.2 Å². The molecule has 3 amide bonds. The lowest BCUT2D eigenvalue weighted by atomic mass is 10.1. The van der Waals surface area contributed by atoms with Crippen molar-refractivity contribution >= 4 is 33.5 Å². The molecule has 1 aromatic carbocycles. The molecule has 2 aromatic heterocycles. The summed E-state index contributed by atoms with van der Waals surface area (Å²) in [4.78, 5) is 46.0. The number of benzene rings is 1. The van der Waals surface area contributed by atoms with Crippen LogP contribution in [0.2, 0.25) is 0 Å². The Hall–Kier alpha value is -3.00. The first kappa shape index (κ1) is 16.5. The number of hydrogen-bond acceptors (Lipinski definition) is 5. The van der Waals surface area contributed by atoms with Gasteiger partial charge in [0.15, 0.2) is 0 Å². The van der Waals surface area contributed by atoms with Crippen molar-refractivity contribution in [1.29, 1.82) is 0 Å². The minimum Gasteiger partial charge on any atom is -0.329 e. The molecule has 0 unspecified atom stereocenters. The van der Waals surface area contributed by atoms with Gasteiger partial charge in [-0.05, 0) is 18.1 Å². The molecule has 7 nitrogen and oxygen atoms in total. The van der Waals surface area contributed by atoms with Crippen LogP contribution in [0.15, 0.2) is 35.1 Å². The second kappa shape index (κ2) is 6.38. The number of hydrogen-bond donors (Lipinski definition) is 2. The first-order chi connectivity index (χ1) is 12.5. The van der Waals surface area contributed by atoms with Gasteiger partial charge in [0.05, 0.1) is 18.5 Å². The van der Waals surface area contributed by atoms with Crippen LogP contribution in [-0.4, -0.2) is 33.4 Å². The average Bonchev–Trinajstić information content (AvgIpc) is 3.21. The van der Waals surface area contributed by atoms with E-state index in [0.717, 1.165) is 27.3 Å². The summed E-state index contributed by atoms with van der Waals surface area (Å²) < 4.78 is 0. The third-order valence-corrected chi connectivity index (χ3v) is 5.48. The second-order valence-electron chi connectivity index (χ2n) is 6.04. The molecule has 0 bridgehead atoms. The SMILES string of the molecule is CCc1cc2c(=O)[nH]c(-c3ccc(CN4C(=O)CNC4=O)cc3)nc2s1. The maximum atomic E-state index is 12.3. The molecule has 4 rings (SSSR count). The molecule has 1 fully saturated rings. The van der Waals surface area contributed by atoms with E-state index in [1.54, 1.807) is 0 Å². The number of nitrogens with zero attached hydrogens (tertiary/aromatic N) is 2. The summed E-state index contributed by atoms with van der Waals surface area (Å²) in [5.74, 6) is 0.272. The van der Waals surface area contributed by atoms with Crippen molar-refractivity contribution in [3.63, 3.8) is 0 Å². The van der Waals surface area contributed by atoms with Crippen LogP contribution in [0, 0.1) is 0 Å². The zero-order valence-corrected chi connectivity index (χ0v) is 14.9. The van der Waals surface area contributed by atoms with Gasteiger partial charge in [0, 0.05) is 10.4 Å². The summed E-state index contributed by atoms with van der Waals surface area (Å²) >= 11 is 1.53. The second-order valence-corrected chi connectivity index (χ2v) is 7.15. The fourth-order valence-corrected chi connectivity index (χ4v) is 3.83. The number of urea groups is 1. The first-order valence-corrected chi connectivity index (χ1v) is 9.07. The Morgan fingerprint density at radius 1 is 1.19 bits per heavy atom. The van der Waals surface area contributed by atoms with Crippen LogP contribution in [0.1, 0.15) is 17.4 Å². The van der Waals surface area contributed by atoms with Gasteiger partial charge in [0.2, 0.25) is 5.91 Å². The quantitative estimate of drug-likeness (QED) is 0.691. The summed E-state index contributed by atoms with van der Waals surface area (Å²) in [6.07, 6.45) is 0.868. The predicted molar refractivity (Wildman–Crippen MR) is 99.0 cm³/mol. The lowest BCUT2D eigenvalue weighted by Gasteiger charge is -2.12. The van der Waals surface area contributed by atoms with Crippen LogP contribution in [-0.2, 0) is 17.8 Å². The monoisotopic (exact) mass is 368 g/mol. The van der Waals surface area contributed by atoms with Crippen molar-refractivity contribution < 1.29 is 9.59 Å². The lowest BCUT2D eigenvalue weighted by Crippen LogP contribution is -2.30. The highest BCUT2D eigenvalue weighted by Crippen LogP contribution is 2.24. The number of fused-ring (bicyclic) bond motifs is 1. The maximum Gasteiger partial charge on any atom is 0.324 e. The third-order valence-electron chi connectivity index (χ3n) is 4.31. The molecule has 1 aliphatic rings. The van der Waals surface area contributed by atoms with Gasteiger partial charge in [0.25, 0.3) is 5.56 Å². The van der Waals surface area contributed by atoms with Crippen LogP contribution in [0.5, 0.6) is 0 Å². The zero-order valence-electron chi connectivity index (χ0n) is 14.0. The van der Waals surface area contributed by atoms with Crippen LogP contribution in [0.25, 0.3) is 21.6 Å². The number of nitrogens with one attached hydrogen (secondary N) is 2. The number of rotatable bonds is 4. The predicted octanol–water partition coefficient (Wildman–Crippen LogP) is 2.27. The summed E-state index contributed by atoms with van der Waals surface area (Å²) in [6.45, 7) is 2.31. The zero-order chi connectivity index (χ0) is 18.3. The molecule has 132 valence electrons. The molecule has 0 aliphatic carbocycles. The van der Waals surface area contributed by atoms with Gasteiger partial charge in [-0.2, -0.15) is 0 Å². The van der Waals surface area contributed by atoms with E-state index in [0.29, 0.717) is 11.2 Å². The number of H-pyrrole nitrogens is 1. The smallest absolute Gasteiger partial charge is 0.324 e. The van der Waals surface area contributed by atoms with Gasteiger partial charge >= 0.3 is 6.03 Å². The van der Waals surface area contributed by atoms with E-state index >= 15 is 0 Å². The maximum absolute atomic E-state index is 12.3. The number of aromatic amines is 1. The summed E-state index contributed by atoms with van der Waals surface area (Å²) in [5, 5.41) is 3.11. The third kappa shape index (κ3) is 2.88. The average molecular weight is 368 g/mol. The Labute approximate surface area is 152 Å². The lowest BCUT2D eigenvalue weighted by molar-refractivity contribution is -0.125. The molecule has 0 saturated carbocycles. The fraction of sp³-hybridized carbons (Fsp3) is 0.222. The summed E-state index contributed by atoms with van der Waals surface area (Å²) in [6, 6.07) is 8.81. The highest BCUT2D eigenvalue weighted by Gasteiger charge is 2.28. The van der Waals surface area contributed by atoms with E-state index in [9.17, 15) is 14.4 Å². The summed E-state index contributed by atoms with van der Waals surface area (Å²) in [7, 11) is 0. The van der Waals surface area contributed by atoms with Crippen molar-refractivity contribution in [3.05, 3.63) is 51.1 Å². The Balaban J connectivity index is 1.62. The number of aryl methyl sites for hydroxylation is 1. The van der Waals surface area contributed by atoms with Crippen molar-refractivity contribution in [1.82, 2.24) is 20.2 Å². The van der Waals surface area contributed by atoms with Gasteiger partial charge in [-0.1, -0.05) is 31.2 Å². The van der Waals surface area contributed by atoms with E-state index in [1.807, 2.05) is 37.3 Å². The molecule has 0 atom stereocenters. The van der Waals surface area contributed by atoms with E-state index < -0.39 is 0 Å². The van der Waals surface area contributed by atoms with Crippen LogP contribution in [0.3, 0.4) is 0 Å². The highest BCUT2D eigenvalue weighted by atomic mass is 32.1. The largest absolute Gasteiger partial charge is 0.329 e.